The number of amides is 1. The molecule has 32 heavy (non-hydrogen) atoms. The number of halogens is 3. The van der Waals surface area contributed by atoms with E-state index in [2.05, 4.69) is 20.1 Å². The molecule has 1 amide bonds. The largest absolute Gasteiger partial charge is 0.455 e. The predicted octanol–water partition coefficient (Wildman–Crippen LogP) is 4.54. The minimum absolute atomic E-state index is 0.214. The lowest BCUT2D eigenvalue weighted by atomic mass is 10.1. The van der Waals surface area contributed by atoms with Crippen LogP contribution in [0.1, 0.15) is 12.5 Å². The van der Waals surface area contributed by atoms with Gasteiger partial charge in [-0.05, 0) is 48.9 Å². The quantitative estimate of drug-likeness (QED) is 0.429. The number of ether oxygens (including phenoxy) is 1. The SMILES string of the molecule is CC(OC=O)C(=O)Nc1c[nH]c2ccc(-c3cnn(-c4ccc(C(F)(F)F)cc4)c3)cc12. The van der Waals surface area contributed by atoms with Gasteiger partial charge in [0, 0.05) is 28.9 Å². The molecule has 7 nitrogen and oxygen atoms in total. The Balaban J connectivity index is 1.60. The van der Waals surface area contributed by atoms with E-state index >= 15 is 0 Å². The predicted molar refractivity (Wildman–Crippen MR) is 111 cm³/mol. The van der Waals surface area contributed by atoms with E-state index in [1.807, 2.05) is 18.2 Å². The second-order valence-electron chi connectivity index (χ2n) is 7.04. The first-order valence-electron chi connectivity index (χ1n) is 9.50. The van der Waals surface area contributed by atoms with Crippen LogP contribution < -0.4 is 5.32 Å². The Morgan fingerprint density at radius 3 is 2.62 bits per heavy atom. The lowest BCUT2D eigenvalue weighted by molar-refractivity contribution is -0.141. The molecule has 0 aliphatic heterocycles. The van der Waals surface area contributed by atoms with E-state index in [9.17, 15) is 22.8 Å². The van der Waals surface area contributed by atoms with Gasteiger partial charge in [-0.2, -0.15) is 18.3 Å². The van der Waals surface area contributed by atoms with Crippen molar-refractivity contribution in [2.75, 3.05) is 5.32 Å². The molecule has 0 aliphatic carbocycles. The number of aromatic amines is 1. The van der Waals surface area contributed by atoms with E-state index in [-0.39, 0.29) is 6.47 Å². The molecule has 2 heterocycles. The Bertz CT molecular complexity index is 1280. The number of carbonyl (C=O) groups is 2. The summed E-state index contributed by atoms with van der Waals surface area (Å²) in [6.07, 6.45) is -0.406. The average molecular weight is 442 g/mol. The van der Waals surface area contributed by atoms with Gasteiger partial charge >= 0.3 is 6.18 Å². The van der Waals surface area contributed by atoms with Crippen LogP contribution in [0.25, 0.3) is 27.7 Å². The molecule has 2 aromatic heterocycles. The molecule has 0 saturated carbocycles. The van der Waals surface area contributed by atoms with Gasteiger partial charge in [-0.1, -0.05) is 6.07 Å². The minimum Gasteiger partial charge on any atom is -0.455 e. The van der Waals surface area contributed by atoms with E-state index in [1.54, 1.807) is 18.6 Å². The summed E-state index contributed by atoms with van der Waals surface area (Å²) in [5.41, 5.74) is 2.59. The zero-order chi connectivity index (χ0) is 22.9. The van der Waals surface area contributed by atoms with Crippen LogP contribution in [0, 0.1) is 0 Å². The van der Waals surface area contributed by atoms with Crippen molar-refractivity contribution < 1.29 is 27.5 Å². The van der Waals surface area contributed by atoms with Crippen molar-refractivity contribution in [3.63, 3.8) is 0 Å². The highest BCUT2D eigenvalue weighted by molar-refractivity contribution is 6.04. The Kier molecular flexibility index (Phi) is 5.43. The third-order valence-corrected chi connectivity index (χ3v) is 4.94. The van der Waals surface area contributed by atoms with Gasteiger partial charge in [0.25, 0.3) is 12.4 Å². The number of carbonyl (C=O) groups excluding carboxylic acids is 2. The third kappa shape index (κ3) is 4.20. The summed E-state index contributed by atoms with van der Waals surface area (Å²) in [4.78, 5) is 25.6. The molecule has 2 aromatic carbocycles. The fraction of sp³-hybridized carbons (Fsp3) is 0.136. The lowest BCUT2D eigenvalue weighted by Crippen LogP contribution is -2.27. The molecule has 0 aliphatic rings. The summed E-state index contributed by atoms with van der Waals surface area (Å²) in [6.45, 7) is 1.67. The van der Waals surface area contributed by atoms with Crippen LogP contribution in [0.2, 0.25) is 0 Å². The van der Waals surface area contributed by atoms with Crippen LogP contribution in [0.5, 0.6) is 0 Å². The zero-order valence-corrected chi connectivity index (χ0v) is 16.7. The third-order valence-electron chi connectivity index (χ3n) is 4.94. The maximum Gasteiger partial charge on any atom is 0.416 e. The van der Waals surface area contributed by atoms with Crippen molar-refractivity contribution in [3.8, 4) is 16.8 Å². The van der Waals surface area contributed by atoms with Crippen molar-refractivity contribution in [3.05, 3.63) is 66.6 Å². The number of rotatable bonds is 6. The van der Waals surface area contributed by atoms with Gasteiger partial charge in [0.05, 0.1) is 23.1 Å². The fourth-order valence-electron chi connectivity index (χ4n) is 3.20. The smallest absolute Gasteiger partial charge is 0.416 e. The molecule has 0 saturated heterocycles. The number of aromatic nitrogens is 3. The van der Waals surface area contributed by atoms with Crippen LogP contribution in [0.4, 0.5) is 18.9 Å². The van der Waals surface area contributed by atoms with Gasteiger partial charge in [0.15, 0.2) is 6.10 Å². The topological polar surface area (TPSA) is 89.0 Å². The molecule has 4 aromatic rings. The molecular formula is C22H17F3N4O3. The van der Waals surface area contributed by atoms with Crippen molar-refractivity contribution in [2.24, 2.45) is 0 Å². The Hall–Kier alpha value is -4.08. The average Bonchev–Trinajstić information content (AvgIpc) is 3.41. The molecule has 1 unspecified atom stereocenters. The Labute approximate surface area is 179 Å². The minimum atomic E-state index is -4.40. The lowest BCUT2D eigenvalue weighted by Gasteiger charge is -2.09. The van der Waals surface area contributed by atoms with Gasteiger partial charge in [-0.3, -0.25) is 9.59 Å². The summed E-state index contributed by atoms with van der Waals surface area (Å²) in [5.74, 6) is -0.474. The monoisotopic (exact) mass is 442 g/mol. The molecule has 0 bridgehead atoms. The maximum atomic E-state index is 12.8. The molecule has 1 atom stereocenters. The number of hydrogen-bond donors (Lipinski definition) is 2. The number of nitrogens with zero attached hydrogens (tertiary/aromatic N) is 2. The zero-order valence-electron chi connectivity index (χ0n) is 16.7. The fourth-order valence-corrected chi connectivity index (χ4v) is 3.20. The van der Waals surface area contributed by atoms with Gasteiger partial charge < -0.3 is 15.0 Å². The molecule has 4 rings (SSSR count). The Morgan fingerprint density at radius 2 is 1.94 bits per heavy atom. The van der Waals surface area contributed by atoms with Gasteiger partial charge in [0.1, 0.15) is 0 Å². The number of H-pyrrole nitrogens is 1. The summed E-state index contributed by atoms with van der Waals surface area (Å²) >= 11 is 0. The summed E-state index contributed by atoms with van der Waals surface area (Å²) < 4.78 is 44.4. The molecule has 0 fully saturated rings. The summed E-state index contributed by atoms with van der Waals surface area (Å²) in [7, 11) is 0. The van der Waals surface area contributed by atoms with Crippen LogP contribution in [0.15, 0.2) is 61.1 Å². The first-order valence-corrected chi connectivity index (χ1v) is 9.50. The highest BCUT2D eigenvalue weighted by atomic mass is 19.4. The van der Waals surface area contributed by atoms with Crippen LogP contribution in [0.3, 0.4) is 0 Å². The van der Waals surface area contributed by atoms with E-state index in [0.29, 0.717) is 11.4 Å². The van der Waals surface area contributed by atoms with E-state index in [0.717, 1.165) is 34.2 Å². The van der Waals surface area contributed by atoms with E-state index in [1.165, 1.54) is 23.7 Å². The number of hydrogen-bond acceptors (Lipinski definition) is 4. The molecule has 0 spiro atoms. The van der Waals surface area contributed by atoms with Crippen molar-refractivity contribution in [1.82, 2.24) is 14.8 Å². The van der Waals surface area contributed by atoms with Crippen LogP contribution in [-0.2, 0) is 20.5 Å². The van der Waals surface area contributed by atoms with E-state index < -0.39 is 23.8 Å². The standard InChI is InChI=1S/C22H17F3N4O3/c1-13(32-12-30)21(31)28-20-10-26-19-7-2-14(8-18(19)20)15-9-27-29(11-15)17-5-3-16(4-6-17)22(23,24)25/h2-13,26H,1H3,(H,28,31). The molecular weight excluding hydrogens is 425 g/mol. The van der Waals surface area contributed by atoms with E-state index in [4.69, 9.17) is 0 Å². The molecule has 0 radical (unpaired) electrons. The second kappa shape index (κ2) is 8.22. The highest BCUT2D eigenvalue weighted by Gasteiger charge is 2.30. The number of fused-ring (bicyclic) bond motifs is 1. The summed E-state index contributed by atoms with van der Waals surface area (Å²) in [6, 6.07) is 10.3. The number of anilines is 1. The number of benzene rings is 2. The normalized spacial score (nSPS) is 12.5. The summed E-state index contributed by atoms with van der Waals surface area (Å²) in [5, 5.41) is 7.69. The first kappa shape index (κ1) is 21.2. The van der Waals surface area contributed by atoms with Gasteiger partial charge in [-0.25, -0.2) is 4.68 Å². The van der Waals surface area contributed by atoms with Crippen molar-refractivity contribution in [2.45, 2.75) is 19.2 Å². The second-order valence-corrected chi connectivity index (χ2v) is 7.04. The maximum absolute atomic E-state index is 12.8. The van der Waals surface area contributed by atoms with Crippen LogP contribution in [-0.4, -0.2) is 33.2 Å². The van der Waals surface area contributed by atoms with Gasteiger partial charge in [0.2, 0.25) is 0 Å². The number of alkyl halides is 3. The van der Waals surface area contributed by atoms with Crippen molar-refractivity contribution >= 4 is 29.0 Å². The first-order chi connectivity index (χ1) is 15.3. The number of nitrogens with one attached hydrogen (secondary N) is 2. The molecule has 2 N–H and O–H groups in total. The van der Waals surface area contributed by atoms with Gasteiger partial charge in [-0.15, -0.1) is 0 Å². The van der Waals surface area contributed by atoms with Crippen LogP contribution >= 0.6 is 0 Å². The Morgan fingerprint density at radius 1 is 1.19 bits per heavy atom. The molecule has 164 valence electrons. The van der Waals surface area contributed by atoms with Crippen molar-refractivity contribution in [1.29, 1.82) is 0 Å². The molecule has 10 heteroatoms. The highest BCUT2D eigenvalue weighted by Crippen LogP contribution is 2.31.